The smallest absolute Gasteiger partial charge is 0.0280 e. The Bertz CT molecular complexity index is 1180. The van der Waals surface area contributed by atoms with E-state index < -0.39 is 7.92 Å². The lowest BCUT2D eigenvalue weighted by Crippen LogP contribution is -2.31. The van der Waals surface area contributed by atoms with Gasteiger partial charge in [0.15, 0.2) is 0 Å². The van der Waals surface area contributed by atoms with Gasteiger partial charge in [0.05, 0.1) is 0 Å². The predicted octanol–water partition coefficient (Wildman–Crippen LogP) is 9.37. The summed E-state index contributed by atoms with van der Waals surface area (Å²) in [6, 6.07) is 25.9. The molecule has 3 rings (SSSR count). The van der Waals surface area contributed by atoms with Crippen molar-refractivity contribution in [1.82, 2.24) is 0 Å². The third-order valence-corrected chi connectivity index (χ3v) is 7.91. The highest BCUT2D eigenvalue weighted by Crippen LogP contribution is 2.45. The molecule has 0 saturated heterocycles. The molecule has 1 unspecified atom stereocenters. The quantitative estimate of drug-likeness (QED) is 0.259. The summed E-state index contributed by atoms with van der Waals surface area (Å²) >= 11 is 0. The van der Waals surface area contributed by atoms with Gasteiger partial charge in [0.2, 0.25) is 0 Å². The summed E-state index contributed by atoms with van der Waals surface area (Å²) in [5.41, 5.74) is 10.3. The molecule has 0 aliphatic rings. The van der Waals surface area contributed by atoms with Crippen molar-refractivity contribution < 1.29 is 0 Å². The second-order valence-corrected chi connectivity index (χ2v) is 14.1. The van der Waals surface area contributed by atoms with Crippen LogP contribution in [0, 0.1) is 11.6 Å². The lowest BCUT2D eigenvalue weighted by Gasteiger charge is -2.34. The molecule has 0 nitrogen and oxygen atoms in total. The van der Waals surface area contributed by atoms with Gasteiger partial charge in [0.25, 0.3) is 0 Å². The standard InChI is InChI=1S/C34H41P/c1-32(2,3)28-24-29(33(4,5)6)31(30(25-28)34(7,8)9)35(22-20-26-16-12-10-13-17-26)23-21-27-18-14-11-15-19-27/h10-20,22,24-25H,1-9H3/b22-20-. The zero-order valence-electron chi connectivity index (χ0n) is 23.0. The van der Waals surface area contributed by atoms with Crippen LogP contribution >= 0.6 is 7.92 Å². The van der Waals surface area contributed by atoms with E-state index in [2.05, 4.69) is 153 Å². The van der Waals surface area contributed by atoms with Crippen LogP contribution in [0.15, 0.2) is 78.6 Å². The van der Waals surface area contributed by atoms with E-state index in [1.165, 1.54) is 27.6 Å². The highest BCUT2D eigenvalue weighted by molar-refractivity contribution is 7.73. The highest BCUT2D eigenvalue weighted by atomic mass is 31.1. The van der Waals surface area contributed by atoms with E-state index in [1.54, 1.807) is 0 Å². The summed E-state index contributed by atoms with van der Waals surface area (Å²) in [6.45, 7) is 21.0. The summed E-state index contributed by atoms with van der Waals surface area (Å²) in [5.74, 6) is 5.87. The van der Waals surface area contributed by atoms with Crippen LogP contribution in [0.5, 0.6) is 0 Å². The summed E-state index contributed by atoms with van der Waals surface area (Å²) in [7, 11) is -0.863. The van der Waals surface area contributed by atoms with Crippen molar-refractivity contribution >= 4 is 19.3 Å². The summed E-state index contributed by atoms with van der Waals surface area (Å²) in [5, 5.41) is 1.42. The zero-order valence-corrected chi connectivity index (χ0v) is 23.9. The first-order chi connectivity index (χ1) is 16.3. The maximum absolute atomic E-state index is 3.73. The van der Waals surface area contributed by atoms with Crippen LogP contribution in [0.2, 0.25) is 0 Å². The third kappa shape index (κ3) is 7.19. The van der Waals surface area contributed by atoms with Crippen molar-refractivity contribution in [1.29, 1.82) is 0 Å². The van der Waals surface area contributed by atoms with Gasteiger partial charge in [-0.15, -0.1) is 0 Å². The second kappa shape index (κ2) is 10.6. The molecule has 0 amide bonds. The van der Waals surface area contributed by atoms with E-state index in [4.69, 9.17) is 0 Å². The molecule has 0 aliphatic carbocycles. The molecule has 3 aromatic carbocycles. The molecule has 0 fully saturated rings. The molecule has 3 aromatic rings. The molecule has 1 heteroatoms. The minimum absolute atomic E-state index is 0.00614. The Balaban J connectivity index is 2.33. The van der Waals surface area contributed by atoms with Crippen LogP contribution in [0.25, 0.3) is 6.08 Å². The fourth-order valence-corrected chi connectivity index (χ4v) is 6.23. The average Bonchev–Trinajstić information content (AvgIpc) is 2.78. The Morgan fingerprint density at radius 3 is 1.57 bits per heavy atom. The zero-order chi connectivity index (χ0) is 25.9. The van der Waals surface area contributed by atoms with Crippen molar-refractivity contribution in [2.75, 3.05) is 0 Å². The van der Waals surface area contributed by atoms with Gasteiger partial charge in [-0.3, -0.25) is 0 Å². The summed E-state index contributed by atoms with van der Waals surface area (Å²) in [6.07, 6.45) is 2.25. The lowest BCUT2D eigenvalue weighted by atomic mass is 9.75. The monoisotopic (exact) mass is 480 g/mol. The van der Waals surface area contributed by atoms with Crippen molar-refractivity contribution in [3.63, 3.8) is 0 Å². The molecular formula is C34H41P. The number of benzene rings is 3. The SMILES string of the molecule is CC(C)(C)c1cc(C(C)(C)C)c(P(C#Cc2ccccc2)/C=C\c2ccccc2)c(C(C)(C)C)c1. The minimum atomic E-state index is -0.863. The topological polar surface area (TPSA) is 0 Å². The molecule has 0 radical (unpaired) electrons. The third-order valence-electron chi connectivity index (χ3n) is 6.14. The largest absolute Gasteiger partial charge is 0.0622 e. The van der Waals surface area contributed by atoms with Gasteiger partial charge in [0, 0.05) is 13.5 Å². The van der Waals surface area contributed by atoms with Gasteiger partial charge in [-0.2, -0.15) is 0 Å². The van der Waals surface area contributed by atoms with Crippen molar-refractivity contribution in [3.8, 4) is 11.6 Å². The molecule has 0 aromatic heterocycles. The van der Waals surface area contributed by atoms with Crippen LogP contribution in [-0.4, -0.2) is 0 Å². The molecule has 0 N–H and O–H groups in total. The molecule has 0 heterocycles. The number of rotatable bonds is 3. The number of hydrogen-bond donors (Lipinski definition) is 0. The molecule has 0 spiro atoms. The molecule has 1 atom stereocenters. The van der Waals surface area contributed by atoms with Gasteiger partial charge in [-0.05, 0) is 61.8 Å². The molecule has 182 valence electrons. The maximum atomic E-state index is 3.73. The van der Waals surface area contributed by atoms with Crippen LogP contribution in [0.3, 0.4) is 0 Å². The van der Waals surface area contributed by atoms with E-state index in [0.29, 0.717) is 0 Å². The highest BCUT2D eigenvalue weighted by Gasteiger charge is 2.31. The summed E-state index contributed by atoms with van der Waals surface area (Å²) < 4.78 is 0. The van der Waals surface area contributed by atoms with E-state index in [9.17, 15) is 0 Å². The first-order valence-electron chi connectivity index (χ1n) is 12.6. The second-order valence-electron chi connectivity index (χ2n) is 12.4. The van der Waals surface area contributed by atoms with Crippen LogP contribution < -0.4 is 5.30 Å². The Kier molecular flexibility index (Phi) is 8.14. The molecule has 35 heavy (non-hydrogen) atoms. The molecule has 0 bridgehead atoms. The lowest BCUT2D eigenvalue weighted by molar-refractivity contribution is 0.553. The Labute approximate surface area is 215 Å². The number of hydrogen-bond acceptors (Lipinski definition) is 0. The maximum Gasteiger partial charge on any atom is 0.0280 e. The van der Waals surface area contributed by atoms with Gasteiger partial charge < -0.3 is 0 Å². The Morgan fingerprint density at radius 2 is 1.11 bits per heavy atom. The first kappa shape index (κ1) is 27.0. The van der Waals surface area contributed by atoms with Gasteiger partial charge >= 0.3 is 0 Å². The van der Waals surface area contributed by atoms with Crippen LogP contribution in [-0.2, 0) is 16.2 Å². The van der Waals surface area contributed by atoms with Crippen molar-refractivity contribution in [2.24, 2.45) is 0 Å². The van der Waals surface area contributed by atoms with E-state index in [1.807, 2.05) is 6.07 Å². The van der Waals surface area contributed by atoms with Gasteiger partial charge in [-0.25, -0.2) is 0 Å². The molecule has 0 aliphatic heterocycles. The summed E-state index contributed by atoms with van der Waals surface area (Å²) in [4.78, 5) is 0. The average molecular weight is 481 g/mol. The molecular weight excluding hydrogens is 439 g/mol. The minimum Gasteiger partial charge on any atom is -0.0622 e. The van der Waals surface area contributed by atoms with E-state index in [-0.39, 0.29) is 16.2 Å². The Morgan fingerprint density at radius 1 is 0.629 bits per heavy atom. The van der Waals surface area contributed by atoms with Crippen LogP contribution in [0.1, 0.15) is 90.1 Å². The fraction of sp³-hybridized carbons (Fsp3) is 0.353. The van der Waals surface area contributed by atoms with Gasteiger partial charge in [0.1, 0.15) is 0 Å². The molecule has 0 saturated carbocycles. The fourth-order valence-electron chi connectivity index (χ4n) is 4.01. The van der Waals surface area contributed by atoms with Gasteiger partial charge in [-0.1, -0.05) is 141 Å². The first-order valence-corrected chi connectivity index (χ1v) is 14.0. The van der Waals surface area contributed by atoms with Crippen molar-refractivity contribution in [2.45, 2.75) is 78.6 Å². The normalized spacial score (nSPS) is 13.4. The van der Waals surface area contributed by atoms with E-state index in [0.717, 1.165) is 5.56 Å². The predicted molar refractivity (Wildman–Crippen MR) is 158 cm³/mol. The van der Waals surface area contributed by atoms with Crippen LogP contribution in [0.4, 0.5) is 0 Å². The van der Waals surface area contributed by atoms with E-state index >= 15 is 0 Å². The Hall–Kier alpha value is -2.61. The van der Waals surface area contributed by atoms with Crippen molar-refractivity contribution in [3.05, 3.63) is 106 Å².